The molecule has 470 valence electrons. The van der Waals surface area contributed by atoms with E-state index in [2.05, 4.69) is 53.4 Å². The molecule has 10 heterocycles. The van der Waals surface area contributed by atoms with Crippen LogP contribution in [-0.4, -0.2) is 201 Å². The molecule has 0 bridgehead atoms. The molecule has 46 heteroatoms. The fraction of sp³-hybridized carbons (Fsp3) is 0.538. The number of imidazole rings is 2. The van der Waals surface area contributed by atoms with Crippen molar-refractivity contribution < 1.29 is 96.0 Å². The highest BCUT2D eigenvalue weighted by molar-refractivity contribution is 7.46. The van der Waals surface area contributed by atoms with E-state index in [1.807, 2.05) is 0 Å². The van der Waals surface area contributed by atoms with Crippen LogP contribution in [0.3, 0.4) is 0 Å². The number of phosphoric acid groups is 3. The minimum absolute atomic E-state index is 0.0119. The summed E-state index contributed by atoms with van der Waals surface area (Å²) in [6, 6.07) is 1.31. The Morgan fingerprint density at radius 2 is 1.07 bits per heavy atom. The summed E-state index contributed by atoms with van der Waals surface area (Å²) < 4.78 is 73.3. The van der Waals surface area contributed by atoms with Crippen LogP contribution in [0.15, 0.2) is 56.6 Å². The third-order valence-electron chi connectivity index (χ3n) is 12.8. The summed E-state index contributed by atoms with van der Waals surface area (Å²) in [5, 5.41) is 40.4. The Morgan fingerprint density at radius 1 is 0.600 bits per heavy atom. The number of nitrogen functional groups attached to an aromatic ring is 3. The summed E-state index contributed by atoms with van der Waals surface area (Å²) in [6.07, 6.45) is -9.89. The average molecular weight is 1270 g/mol. The maximum atomic E-state index is 11.8. The Balaban J connectivity index is 0.000000164. The number of aromatic nitrogens is 12. The lowest BCUT2D eigenvalue weighted by Crippen LogP contribution is -2.38. The van der Waals surface area contributed by atoms with Crippen LogP contribution in [-0.2, 0) is 46.2 Å². The van der Waals surface area contributed by atoms with Crippen LogP contribution < -0.4 is 62.6 Å². The lowest BCUT2D eigenvalue weighted by molar-refractivity contribution is -0.0371. The van der Waals surface area contributed by atoms with E-state index < -0.39 is 138 Å². The third kappa shape index (κ3) is 15.5. The fourth-order valence-corrected chi connectivity index (χ4v) is 10.7. The SMILES string of the molecule is Cc1cn([C@H]2C[C@H](O)[C@@H](CN)O2)c(=O)[nH]c1=O.NC[C@H]1O[C@@H](n2ccc(N)nc2=O)[C@H](O)[C@@H]1OP(=O)(O)O.NC[C@H]1O[C@@H](n2cnc3c(=O)[nH]c(N)nc32)[C@H](O)[C@@H]1OP(=O)(O)O.NC[C@H]1O[C@@H](n2cnc3c(N)ncnc32)[C@H](O)[C@@H]1OP(=O)(O)O. The second-order valence-electron chi connectivity index (χ2n) is 18.6. The van der Waals surface area contributed by atoms with Crippen molar-refractivity contribution in [1.29, 1.82) is 0 Å². The molecule has 0 amide bonds. The number of rotatable bonds is 14. The number of aryl methyl sites for hydroxylation is 1. The summed E-state index contributed by atoms with van der Waals surface area (Å²) in [5.74, 6) is -0.0260. The van der Waals surface area contributed by atoms with Gasteiger partial charge in [0.1, 0.15) is 78.8 Å². The highest BCUT2D eigenvalue weighted by atomic mass is 31.2. The van der Waals surface area contributed by atoms with Crippen LogP contribution in [0.2, 0.25) is 0 Å². The maximum absolute atomic E-state index is 11.8. The van der Waals surface area contributed by atoms with Gasteiger partial charge in [0.05, 0.1) is 24.9 Å². The first-order valence-corrected chi connectivity index (χ1v) is 29.1. The molecule has 43 nitrogen and oxygen atoms in total. The zero-order valence-corrected chi connectivity index (χ0v) is 46.4. The third-order valence-corrected chi connectivity index (χ3v) is 14.4. The van der Waals surface area contributed by atoms with Crippen molar-refractivity contribution in [2.75, 3.05) is 43.4 Å². The minimum atomic E-state index is -4.88. The lowest BCUT2D eigenvalue weighted by atomic mass is 10.1. The number of anilines is 3. The molecular formula is C39H60N19O24P3. The van der Waals surface area contributed by atoms with Crippen LogP contribution >= 0.6 is 23.5 Å². The number of nitrogens with two attached hydrogens (primary N) is 7. The summed E-state index contributed by atoms with van der Waals surface area (Å²) >= 11 is 0. The highest BCUT2D eigenvalue weighted by Crippen LogP contribution is 2.46. The normalized spacial score (nSPS) is 28.6. The first-order chi connectivity index (χ1) is 39.8. The molecule has 6 aromatic rings. The molecular weight excluding hydrogens is 1210 g/mol. The quantitative estimate of drug-likeness (QED) is 0.0450. The molecule has 0 spiro atoms. The number of hydrogen-bond acceptors (Lipinski definition) is 31. The first kappa shape index (κ1) is 66.2. The molecule has 4 aliphatic heterocycles. The minimum Gasteiger partial charge on any atom is -0.390 e. The van der Waals surface area contributed by atoms with Crippen LogP contribution in [0.25, 0.3) is 22.3 Å². The Morgan fingerprint density at radius 3 is 1.53 bits per heavy atom. The van der Waals surface area contributed by atoms with Crippen molar-refractivity contribution in [3.05, 3.63) is 84.7 Å². The fourth-order valence-electron chi connectivity index (χ4n) is 8.99. The van der Waals surface area contributed by atoms with E-state index in [1.165, 1.54) is 51.1 Å². The zero-order valence-electron chi connectivity index (χ0n) is 43.7. The van der Waals surface area contributed by atoms with Crippen molar-refractivity contribution in [2.45, 2.75) is 105 Å². The van der Waals surface area contributed by atoms with E-state index in [1.54, 1.807) is 6.92 Å². The van der Waals surface area contributed by atoms with Gasteiger partial charge in [0, 0.05) is 50.6 Å². The van der Waals surface area contributed by atoms with Gasteiger partial charge >= 0.3 is 34.8 Å². The predicted octanol–water partition coefficient (Wildman–Crippen LogP) is -8.53. The van der Waals surface area contributed by atoms with E-state index in [-0.39, 0.29) is 61.3 Å². The van der Waals surface area contributed by atoms with Crippen molar-refractivity contribution >= 4 is 63.4 Å². The zero-order chi connectivity index (χ0) is 62.8. The second kappa shape index (κ2) is 26.8. The second-order valence-corrected chi connectivity index (χ2v) is 22.2. The van der Waals surface area contributed by atoms with Crippen molar-refractivity contribution in [3.63, 3.8) is 0 Å². The number of hydrogen-bond donors (Lipinski definition) is 19. The first-order valence-electron chi connectivity index (χ1n) is 24.5. The smallest absolute Gasteiger partial charge is 0.390 e. The molecule has 10 rings (SSSR count). The monoisotopic (exact) mass is 1270 g/mol. The van der Waals surface area contributed by atoms with Gasteiger partial charge in [-0.15, -0.1) is 0 Å². The lowest BCUT2D eigenvalue weighted by Gasteiger charge is -2.20. The van der Waals surface area contributed by atoms with Gasteiger partial charge in [-0.1, -0.05) is 0 Å². The number of aromatic amines is 2. The molecule has 15 atom stereocenters. The van der Waals surface area contributed by atoms with Gasteiger partial charge in [-0.05, 0) is 13.0 Å². The summed E-state index contributed by atoms with van der Waals surface area (Å²) in [6.45, 7) is 1.34. The van der Waals surface area contributed by atoms with Crippen LogP contribution in [0, 0.1) is 6.92 Å². The van der Waals surface area contributed by atoms with E-state index in [4.69, 9.17) is 88.4 Å². The molecule has 0 saturated carbocycles. The molecule has 0 unspecified atom stereocenters. The molecule has 4 fully saturated rings. The van der Waals surface area contributed by atoms with Crippen molar-refractivity contribution in [2.24, 2.45) is 22.9 Å². The number of phosphoric ester groups is 3. The van der Waals surface area contributed by atoms with Gasteiger partial charge in [-0.25, -0.2) is 43.2 Å². The number of ether oxygens (including phenoxy) is 4. The van der Waals surface area contributed by atoms with Gasteiger partial charge in [0.25, 0.3) is 11.1 Å². The van der Waals surface area contributed by atoms with Gasteiger partial charge < -0.3 is 109 Å². The number of aliphatic hydroxyl groups excluding tert-OH is 4. The molecule has 4 aliphatic rings. The van der Waals surface area contributed by atoms with Gasteiger partial charge in [-0.3, -0.25) is 51.4 Å². The number of H-pyrrole nitrogens is 2. The van der Waals surface area contributed by atoms with Crippen molar-refractivity contribution in [3.8, 4) is 0 Å². The largest absolute Gasteiger partial charge is 0.470 e. The topological polar surface area (TPSA) is 697 Å². The van der Waals surface area contributed by atoms with E-state index in [9.17, 15) is 53.3 Å². The number of aliphatic hydroxyl groups is 4. The molecule has 85 heavy (non-hydrogen) atoms. The van der Waals surface area contributed by atoms with Gasteiger partial charge in [0.15, 0.2) is 41.3 Å². The van der Waals surface area contributed by atoms with Gasteiger partial charge in [0.2, 0.25) is 5.95 Å². The van der Waals surface area contributed by atoms with E-state index in [0.717, 1.165) is 4.57 Å². The molecule has 0 aromatic carbocycles. The molecule has 0 aliphatic carbocycles. The van der Waals surface area contributed by atoms with Crippen LogP contribution in [0.4, 0.5) is 17.6 Å². The summed E-state index contributed by atoms with van der Waals surface area (Å²) in [4.78, 5) is 127. The summed E-state index contributed by atoms with van der Waals surface area (Å²) in [5.41, 5.74) is 37.1. The van der Waals surface area contributed by atoms with E-state index >= 15 is 0 Å². The molecule has 0 radical (unpaired) electrons. The Labute approximate surface area is 472 Å². The number of nitrogens with zero attached hydrogens (tertiary/aromatic N) is 10. The highest BCUT2D eigenvalue weighted by Gasteiger charge is 2.51. The number of fused-ring (bicyclic) bond motifs is 2. The van der Waals surface area contributed by atoms with Crippen LogP contribution in [0.1, 0.15) is 36.9 Å². The molecule has 6 aromatic heterocycles. The summed E-state index contributed by atoms with van der Waals surface area (Å²) in [7, 11) is -14.6. The van der Waals surface area contributed by atoms with Gasteiger partial charge in [-0.2, -0.15) is 9.97 Å². The Hall–Kier alpha value is -6.29. The average Bonchev–Trinajstić information content (AvgIpc) is 2.01. The van der Waals surface area contributed by atoms with E-state index in [0.29, 0.717) is 16.7 Å². The Bertz CT molecular complexity index is 3700. The standard InChI is InChI=1S/C10H15N6O7P.C10H15N6O6P.C10H15N3O4.C9H15N4O7P/c11-1-3-6(23-24(19,20)21)5(17)9(22-3)16-2-13-4-7(16)14-10(12)15-8(4)18;11-1-4-7(22-23(18,19)20)6(17)10(21-4)16-3-15-5-8(12)13-2-14-9(5)16;1-5-4-13(10(16)12-9(5)15)8-2-6(14)7(3-11)17-8;10-3-4-7(20-21(16,17)18)6(14)8(19-4)13-2-1-5(11)12-9(13)15/h2-3,5-6,9,17H,1,11H2,(H2,19,20,21)(H3,12,14,15,18);2-4,6-7,10,17H,1,11H2,(H2,12,13,14)(H2,18,19,20);4,6-8,14H,2-3,11H2,1H3,(H,12,15,16);1-2,4,6-8,14H,3,10H2,(H2,11,12,15)(H2,16,17,18)/t3-,5-,6-,9-;4-,6-,7-,10-;6-,7+,8+;4-,6-,7-,8-/m1101/s1. The van der Waals surface area contributed by atoms with Crippen molar-refractivity contribution in [1.82, 2.24) is 58.1 Å². The maximum Gasteiger partial charge on any atom is 0.470 e. The predicted molar refractivity (Wildman–Crippen MR) is 283 cm³/mol. The molecule has 26 N–H and O–H groups in total. The number of nitrogens with one attached hydrogen (secondary N) is 2. The van der Waals surface area contributed by atoms with Crippen LogP contribution in [0.5, 0.6) is 0 Å². The Kier molecular flexibility index (Phi) is 20.9. The molecule has 4 saturated heterocycles.